The number of hydrogen-bond acceptors (Lipinski definition) is 3. The van der Waals surface area contributed by atoms with Crippen molar-refractivity contribution >= 4 is 28.4 Å². The van der Waals surface area contributed by atoms with Gasteiger partial charge in [0.2, 0.25) is 0 Å². The fourth-order valence-electron chi connectivity index (χ4n) is 0.953. The van der Waals surface area contributed by atoms with Crippen molar-refractivity contribution in [3.63, 3.8) is 0 Å². The number of carbonyl (C=O) groups excluding carboxylic acids is 1. The molecule has 0 aromatic heterocycles. The quantitative estimate of drug-likeness (QED) is 0.867. The number of halogens is 1. The number of hydrogen-bond donors (Lipinski definition) is 1. The molecule has 0 radical (unpaired) electrons. The maximum atomic E-state index is 10.6. The Morgan fingerprint density at radius 1 is 1.57 bits per heavy atom. The first-order chi connectivity index (χ1) is 6.59. The summed E-state index contributed by atoms with van der Waals surface area (Å²) in [6, 6.07) is 5.22. The van der Waals surface area contributed by atoms with Crippen LogP contribution in [-0.4, -0.2) is 17.5 Å². The molecule has 0 amide bonds. The number of phenols is 1. The molecule has 0 atom stereocenters. The largest absolute Gasteiger partial charge is 0.507 e. The smallest absolute Gasteiger partial charge is 0.155 e. The topological polar surface area (TPSA) is 46.5 Å². The van der Waals surface area contributed by atoms with E-state index >= 15 is 0 Å². The second kappa shape index (κ2) is 5.31. The standard InChI is InChI=1S/C10H11IO3/c1-7(12)5-14-6-8-2-3-10(13)9(11)4-8/h2-4,13H,5-6H2,1H3. The minimum atomic E-state index is 0.0125. The van der Waals surface area contributed by atoms with Crippen molar-refractivity contribution in [3.05, 3.63) is 27.3 Å². The summed E-state index contributed by atoms with van der Waals surface area (Å²) in [6.45, 7) is 2.02. The first kappa shape index (κ1) is 11.5. The van der Waals surface area contributed by atoms with Gasteiger partial charge >= 0.3 is 0 Å². The lowest BCUT2D eigenvalue weighted by molar-refractivity contribution is -0.121. The van der Waals surface area contributed by atoms with Gasteiger partial charge in [0.25, 0.3) is 0 Å². The van der Waals surface area contributed by atoms with E-state index in [1.807, 2.05) is 28.7 Å². The van der Waals surface area contributed by atoms with E-state index in [1.165, 1.54) is 6.92 Å². The van der Waals surface area contributed by atoms with Crippen molar-refractivity contribution in [2.45, 2.75) is 13.5 Å². The minimum absolute atomic E-state index is 0.0125. The summed E-state index contributed by atoms with van der Waals surface area (Å²) >= 11 is 2.04. The fourth-order valence-corrected chi connectivity index (χ4v) is 1.53. The Balaban J connectivity index is 2.51. The zero-order valence-electron chi connectivity index (χ0n) is 7.79. The van der Waals surface area contributed by atoms with Gasteiger partial charge in [-0.05, 0) is 47.2 Å². The molecular formula is C10H11IO3. The van der Waals surface area contributed by atoms with Gasteiger partial charge in [0, 0.05) is 0 Å². The monoisotopic (exact) mass is 306 g/mol. The third-order valence-corrected chi connectivity index (χ3v) is 2.45. The molecule has 1 N–H and O–H groups in total. The number of rotatable bonds is 4. The molecule has 0 bridgehead atoms. The van der Waals surface area contributed by atoms with E-state index in [2.05, 4.69) is 0 Å². The Morgan fingerprint density at radius 3 is 2.86 bits per heavy atom. The maximum absolute atomic E-state index is 10.6. The molecule has 1 aromatic carbocycles. The molecule has 76 valence electrons. The van der Waals surface area contributed by atoms with Crippen LogP contribution in [0.3, 0.4) is 0 Å². The van der Waals surface area contributed by atoms with Crippen LogP contribution in [0.2, 0.25) is 0 Å². The van der Waals surface area contributed by atoms with Crippen molar-refractivity contribution in [1.82, 2.24) is 0 Å². The summed E-state index contributed by atoms with van der Waals surface area (Å²) in [7, 11) is 0. The number of phenolic OH excluding ortho intramolecular Hbond substituents is 1. The lowest BCUT2D eigenvalue weighted by atomic mass is 10.2. The van der Waals surface area contributed by atoms with Gasteiger partial charge in [-0.1, -0.05) is 6.07 Å². The lowest BCUT2D eigenvalue weighted by Gasteiger charge is -2.03. The normalized spacial score (nSPS) is 10.1. The summed E-state index contributed by atoms with van der Waals surface area (Å²) in [4.78, 5) is 10.6. The van der Waals surface area contributed by atoms with Crippen LogP contribution in [0.15, 0.2) is 18.2 Å². The number of carbonyl (C=O) groups is 1. The Labute approximate surface area is 96.2 Å². The molecule has 3 nitrogen and oxygen atoms in total. The van der Waals surface area contributed by atoms with E-state index in [9.17, 15) is 9.90 Å². The van der Waals surface area contributed by atoms with Crippen LogP contribution >= 0.6 is 22.6 Å². The summed E-state index contributed by atoms with van der Waals surface area (Å²) in [5, 5.41) is 9.25. The average molecular weight is 306 g/mol. The maximum Gasteiger partial charge on any atom is 0.155 e. The lowest BCUT2D eigenvalue weighted by Crippen LogP contribution is -2.03. The SMILES string of the molecule is CC(=O)COCc1ccc(O)c(I)c1. The third-order valence-electron chi connectivity index (χ3n) is 1.59. The van der Waals surface area contributed by atoms with Crippen molar-refractivity contribution in [3.8, 4) is 5.75 Å². The summed E-state index contributed by atoms with van der Waals surface area (Å²) in [5.41, 5.74) is 0.952. The van der Waals surface area contributed by atoms with Gasteiger partial charge in [0.05, 0.1) is 10.2 Å². The second-order valence-corrected chi connectivity index (χ2v) is 4.14. The molecule has 4 heteroatoms. The highest BCUT2D eigenvalue weighted by Crippen LogP contribution is 2.20. The van der Waals surface area contributed by atoms with Gasteiger partial charge < -0.3 is 9.84 Å². The number of ether oxygens (including phenoxy) is 1. The molecule has 1 aromatic rings. The van der Waals surface area contributed by atoms with E-state index in [0.717, 1.165) is 9.13 Å². The van der Waals surface area contributed by atoms with Crippen molar-refractivity contribution < 1.29 is 14.6 Å². The number of ketones is 1. The third kappa shape index (κ3) is 3.63. The first-order valence-corrected chi connectivity index (χ1v) is 5.22. The molecule has 0 saturated heterocycles. The molecular weight excluding hydrogens is 295 g/mol. The predicted molar refractivity (Wildman–Crippen MR) is 61.2 cm³/mol. The van der Waals surface area contributed by atoms with Crippen LogP contribution in [0.25, 0.3) is 0 Å². The number of Topliss-reactive ketones (excluding diaryl/α,β-unsaturated/α-hetero) is 1. The van der Waals surface area contributed by atoms with Crippen LogP contribution in [0, 0.1) is 3.57 Å². The highest BCUT2D eigenvalue weighted by molar-refractivity contribution is 14.1. The van der Waals surface area contributed by atoms with E-state index < -0.39 is 0 Å². The van der Waals surface area contributed by atoms with E-state index in [4.69, 9.17) is 4.74 Å². The van der Waals surface area contributed by atoms with E-state index in [0.29, 0.717) is 6.61 Å². The number of benzene rings is 1. The van der Waals surface area contributed by atoms with E-state index in [-0.39, 0.29) is 18.1 Å². The van der Waals surface area contributed by atoms with Gasteiger partial charge in [-0.15, -0.1) is 0 Å². The molecule has 1 rings (SSSR count). The second-order valence-electron chi connectivity index (χ2n) is 2.98. The highest BCUT2D eigenvalue weighted by atomic mass is 127. The van der Waals surface area contributed by atoms with Gasteiger partial charge in [0.15, 0.2) is 5.78 Å². The molecule has 0 aliphatic rings. The molecule has 0 aliphatic heterocycles. The molecule has 0 fully saturated rings. The summed E-state index contributed by atoms with van der Waals surface area (Å²) in [6.07, 6.45) is 0. The average Bonchev–Trinajstić information content (AvgIpc) is 2.10. The van der Waals surface area contributed by atoms with Crippen LogP contribution in [0.1, 0.15) is 12.5 Å². The zero-order chi connectivity index (χ0) is 10.6. The van der Waals surface area contributed by atoms with Gasteiger partial charge in [0.1, 0.15) is 12.4 Å². The summed E-state index contributed by atoms with van der Waals surface area (Å²) in [5.74, 6) is 0.277. The molecule has 0 heterocycles. The van der Waals surface area contributed by atoms with Gasteiger partial charge in [-0.2, -0.15) is 0 Å². The van der Waals surface area contributed by atoms with E-state index in [1.54, 1.807) is 12.1 Å². The van der Waals surface area contributed by atoms with Crippen LogP contribution in [-0.2, 0) is 16.1 Å². The molecule has 0 spiro atoms. The molecule has 0 aliphatic carbocycles. The molecule has 14 heavy (non-hydrogen) atoms. The highest BCUT2D eigenvalue weighted by Gasteiger charge is 2.00. The van der Waals surface area contributed by atoms with Gasteiger partial charge in [-0.25, -0.2) is 0 Å². The van der Waals surface area contributed by atoms with Crippen molar-refractivity contribution in [2.75, 3.05) is 6.61 Å². The molecule has 0 saturated carbocycles. The van der Waals surface area contributed by atoms with Gasteiger partial charge in [-0.3, -0.25) is 4.79 Å². The van der Waals surface area contributed by atoms with Crippen LogP contribution < -0.4 is 0 Å². The minimum Gasteiger partial charge on any atom is -0.507 e. The summed E-state index contributed by atoms with van der Waals surface area (Å²) < 4.78 is 5.93. The molecule has 0 unspecified atom stereocenters. The predicted octanol–water partition coefficient (Wildman–Crippen LogP) is 2.10. The van der Waals surface area contributed by atoms with Crippen LogP contribution in [0.5, 0.6) is 5.75 Å². The Morgan fingerprint density at radius 2 is 2.29 bits per heavy atom. The Hall–Kier alpha value is -0.620. The van der Waals surface area contributed by atoms with Crippen LogP contribution in [0.4, 0.5) is 0 Å². The first-order valence-electron chi connectivity index (χ1n) is 4.14. The zero-order valence-corrected chi connectivity index (χ0v) is 9.95. The Kier molecular flexibility index (Phi) is 4.34. The van der Waals surface area contributed by atoms with Crippen molar-refractivity contribution in [2.24, 2.45) is 0 Å². The Bertz CT molecular complexity index is 336. The fraction of sp³-hybridized carbons (Fsp3) is 0.300. The van der Waals surface area contributed by atoms with Crippen molar-refractivity contribution in [1.29, 1.82) is 0 Å². The number of aromatic hydroxyl groups is 1.